The van der Waals surface area contributed by atoms with E-state index in [0.717, 1.165) is 0 Å². The van der Waals surface area contributed by atoms with Gasteiger partial charge in [0.1, 0.15) is 5.78 Å². The average molecular weight is 343 g/mol. The molecule has 6 heteroatoms. The number of carbonyl (C=O) groups is 1. The van der Waals surface area contributed by atoms with E-state index >= 15 is 0 Å². The molecule has 1 N–H and O–H groups in total. The molecule has 0 aromatic carbocycles. The zero-order chi connectivity index (χ0) is 15.6. The first-order valence-electron chi connectivity index (χ1n) is 6.70. The monoisotopic (exact) mass is 342 g/mol. The second-order valence-corrected chi connectivity index (χ2v) is 5.17. The van der Waals surface area contributed by atoms with Crippen molar-refractivity contribution in [2.45, 2.75) is 26.7 Å². The molecule has 3 heterocycles. The Bertz CT molecular complexity index is 362. The molecule has 0 saturated heterocycles. The predicted molar refractivity (Wildman–Crippen MR) is 95.3 cm³/mol. The number of hydrogen-bond acceptors (Lipinski definition) is 4. The quantitative estimate of drug-likeness (QED) is 0.674. The van der Waals surface area contributed by atoms with Gasteiger partial charge in [-0.15, -0.1) is 11.3 Å². The summed E-state index contributed by atoms with van der Waals surface area (Å²) in [4.78, 5) is 16.8. The van der Waals surface area contributed by atoms with Gasteiger partial charge in [0.15, 0.2) is 0 Å². The van der Waals surface area contributed by atoms with E-state index in [2.05, 4.69) is 9.97 Å². The van der Waals surface area contributed by atoms with Gasteiger partial charge in [-0.05, 0) is 22.9 Å². The summed E-state index contributed by atoms with van der Waals surface area (Å²) in [7, 11) is 0. The lowest BCUT2D eigenvalue weighted by molar-refractivity contribution is -0.118. The molecule has 0 aliphatic heterocycles. The van der Waals surface area contributed by atoms with Crippen LogP contribution in [0.1, 0.15) is 26.7 Å². The number of nitrogens with one attached hydrogen (secondary N) is 1. The molecule has 3 rings (SSSR count). The summed E-state index contributed by atoms with van der Waals surface area (Å²) in [5, 5.41) is 6.01. The largest absolute Gasteiger partial charge is 0.368 e. The van der Waals surface area contributed by atoms with Crippen LogP contribution >= 0.6 is 22.7 Å². The van der Waals surface area contributed by atoms with Gasteiger partial charge in [-0.3, -0.25) is 14.5 Å². The highest BCUT2D eigenvalue weighted by Gasteiger charge is 1.86. The van der Waals surface area contributed by atoms with Crippen molar-refractivity contribution in [3.63, 3.8) is 0 Å². The Morgan fingerprint density at radius 1 is 0.955 bits per heavy atom. The van der Waals surface area contributed by atoms with Gasteiger partial charge in [-0.25, -0.2) is 0 Å². The average Bonchev–Trinajstić information content (AvgIpc) is 3.34. The van der Waals surface area contributed by atoms with Crippen LogP contribution in [0.2, 0.25) is 0 Å². The first-order valence-corrected chi connectivity index (χ1v) is 8.58. The van der Waals surface area contributed by atoms with E-state index in [-0.39, 0.29) is 4.70 Å². The van der Waals surface area contributed by atoms with E-state index in [9.17, 15) is 4.79 Å². The first kappa shape index (κ1) is 22.5. The number of aromatic nitrogens is 2. The number of hydrogen-bond donors (Lipinski definition) is 1. The smallest absolute Gasteiger partial charge is 0.132 e. The number of H-pyrrole nitrogens is 1. The van der Waals surface area contributed by atoms with E-state index in [4.69, 9.17) is 0 Å². The fourth-order valence-electron chi connectivity index (χ4n) is 0.930. The third-order valence-electron chi connectivity index (χ3n) is 2.06. The number of thiophene rings is 1. The zero-order valence-electron chi connectivity index (χ0n) is 12.8. The van der Waals surface area contributed by atoms with Gasteiger partial charge >= 0.3 is 0 Å². The maximum absolute atomic E-state index is 10.2. The summed E-state index contributed by atoms with van der Waals surface area (Å²) < 4.78 is 0. The van der Waals surface area contributed by atoms with Crippen LogP contribution in [0.5, 0.6) is 0 Å². The van der Waals surface area contributed by atoms with E-state index in [1.165, 1.54) is 0 Å². The minimum atomic E-state index is 0. The van der Waals surface area contributed by atoms with E-state index in [1.54, 1.807) is 34.4 Å². The highest BCUT2D eigenvalue weighted by atomic mass is 32.1. The SMILES string of the molecule is CCC(=O)CC.F.c1cc[nH]c1.c1ccsc1.c1cscn1. The minimum Gasteiger partial charge on any atom is -0.368 e. The number of thiazole rings is 1. The Labute approximate surface area is 139 Å². The van der Waals surface area contributed by atoms with Crippen LogP contribution in [0.4, 0.5) is 4.70 Å². The predicted octanol–water partition coefficient (Wildman–Crippen LogP) is 5.43. The van der Waals surface area contributed by atoms with Crippen molar-refractivity contribution in [2.75, 3.05) is 0 Å². The molecule has 22 heavy (non-hydrogen) atoms. The molecule has 0 aliphatic rings. The van der Waals surface area contributed by atoms with Gasteiger partial charge < -0.3 is 4.98 Å². The lowest BCUT2D eigenvalue weighted by atomic mass is 10.3. The van der Waals surface area contributed by atoms with Crippen LogP contribution in [0.15, 0.2) is 64.5 Å². The standard InChI is InChI=1S/C5H10O.C4H5N.C4H4S.C3H3NS.FH/c1-3-5(6)4-2;2*1-2-4-5-3-1;1-2-5-3-4-1;/h3-4H2,1-2H3;1-5H;1-4H;1-3H;1H. The summed E-state index contributed by atoms with van der Waals surface area (Å²) in [6.45, 7) is 3.76. The maximum atomic E-state index is 10.2. The second kappa shape index (κ2) is 19.2. The lowest BCUT2D eigenvalue weighted by Crippen LogP contribution is -1.88. The van der Waals surface area contributed by atoms with E-state index < -0.39 is 0 Å². The molecule has 0 atom stereocenters. The Hall–Kier alpha value is -1.79. The topological polar surface area (TPSA) is 45.8 Å². The highest BCUT2D eigenvalue weighted by molar-refractivity contribution is 7.07. The molecule has 3 aromatic heterocycles. The third-order valence-corrected chi connectivity index (χ3v) is 3.21. The molecular weight excluding hydrogens is 319 g/mol. The van der Waals surface area contributed by atoms with Crippen molar-refractivity contribution in [3.8, 4) is 0 Å². The molecule has 0 bridgehead atoms. The first-order chi connectivity index (χ1) is 10.3. The molecule has 0 radical (unpaired) electrons. The number of carbonyl (C=O) groups excluding carboxylic acids is 1. The minimum absolute atomic E-state index is 0. The Morgan fingerprint density at radius 3 is 1.68 bits per heavy atom. The summed E-state index contributed by atoms with van der Waals surface area (Å²) in [5.41, 5.74) is 1.79. The van der Waals surface area contributed by atoms with Crippen LogP contribution in [-0.2, 0) is 4.79 Å². The van der Waals surface area contributed by atoms with Gasteiger partial charge in [0.25, 0.3) is 0 Å². The number of halogens is 1. The molecule has 3 aromatic rings. The summed E-state index contributed by atoms with van der Waals surface area (Å²) in [5.74, 6) is 0.343. The number of rotatable bonds is 2. The fourth-order valence-corrected chi connectivity index (χ4v) is 1.74. The number of aromatic amines is 1. The van der Waals surface area contributed by atoms with E-state index in [1.807, 2.05) is 66.6 Å². The van der Waals surface area contributed by atoms with Crippen molar-refractivity contribution in [1.82, 2.24) is 9.97 Å². The normalized spacial score (nSPS) is 7.73. The van der Waals surface area contributed by atoms with E-state index in [0.29, 0.717) is 18.6 Å². The maximum Gasteiger partial charge on any atom is 0.132 e. The molecule has 0 aliphatic carbocycles. The number of Topliss-reactive ketones (excluding diaryl/α,β-unsaturated/α-hetero) is 1. The molecule has 0 spiro atoms. The summed E-state index contributed by atoms with van der Waals surface area (Å²) in [6.07, 6.45) is 6.90. The zero-order valence-corrected chi connectivity index (χ0v) is 14.5. The van der Waals surface area contributed by atoms with Crippen molar-refractivity contribution in [3.05, 3.63) is 64.5 Å². The molecule has 3 nitrogen and oxygen atoms in total. The van der Waals surface area contributed by atoms with Gasteiger partial charge in [0.05, 0.1) is 5.51 Å². The van der Waals surface area contributed by atoms with Crippen LogP contribution in [0.3, 0.4) is 0 Å². The Balaban J connectivity index is 0. The lowest BCUT2D eigenvalue weighted by Gasteiger charge is -1.81. The molecular formula is C16H23FN2OS2. The van der Waals surface area contributed by atoms with Gasteiger partial charge in [0.2, 0.25) is 0 Å². The summed E-state index contributed by atoms with van der Waals surface area (Å²) >= 11 is 3.31. The van der Waals surface area contributed by atoms with Crippen molar-refractivity contribution < 1.29 is 9.50 Å². The molecule has 0 amide bonds. The Kier molecular flexibility index (Phi) is 19.6. The van der Waals surface area contributed by atoms with Crippen molar-refractivity contribution in [1.29, 1.82) is 0 Å². The molecule has 122 valence electrons. The van der Waals surface area contributed by atoms with Crippen LogP contribution in [-0.4, -0.2) is 15.8 Å². The summed E-state index contributed by atoms with van der Waals surface area (Å²) in [6, 6.07) is 7.93. The van der Waals surface area contributed by atoms with Crippen LogP contribution in [0.25, 0.3) is 0 Å². The highest BCUT2D eigenvalue weighted by Crippen LogP contribution is 1.91. The van der Waals surface area contributed by atoms with Crippen LogP contribution in [0, 0.1) is 0 Å². The van der Waals surface area contributed by atoms with Crippen molar-refractivity contribution >= 4 is 28.5 Å². The van der Waals surface area contributed by atoms with Gasteiger partial charge in [0, 0.05) is 36.8 Å². The molecule has 0 saturated carbocycles. The fraction of sp³-hybridized carbons (Fsp3) is 0.250. The Morgan fingerprint density at radius 2 is 1.55 bits per heavy atom. The molecule has 0 unspecified atom stereocenters. The third kappa shape index (κ3) is 18.2. The van der Waals surface area contributed by atoms with Crippen LogP contribution < -0.4 is 0 Å². The van der Waals surface area contributed by atoms with Gasteiger partial charge in [-0.1, -0.05) is 26.0 Å². The van der Waals surface area contributed by atoms with Gasteiger partial charge in [-0.2, -0.15) is 11.3 Å². The molecule has 0 fully saturated rings. The number of nitrogens with zero attached hydrogens (tertiary/aromatic N) is 1. The number of ketones is 1. The van der Waals surface area contributed by atoms with Crippen molar-refractivity contribution in [2.24, 2.45) is 0 Å². The second-order valence-electron chi connectivity index (χ2n) is 3.60.